The molecular formula is C20H24N4O4S. The summed E-state index contributed by atoms with van der Waals surface area (Å²) in [6, 6.07) is 7.36. The predicted octanol–water partition coefficient (Wildman–Crippen LogP) is 2.76. The van der Waals surface area contributed by atoms with Gasteiger partial charge < -0.3 is 8.83 Å². The first-order valence-corrected chi connectivity index (χ1v) is 11.0. The van der Waals surface area contributed by atoms with Gasteiger partial charge in [-0.1, -0.05) is 17.7 Å². The van der Waals surface area contributed by atoms with Gasteiger partial charge in [0.1, 0.15) is 0 Å². The van der Waals surface area contributed by atoms with Gasteiger partial charge in [-0.2, -0.15) is 4.31 Å². The lowest BCUT2D eigenvalue weighted by Crippen LogP contribution is -2.48. The minimum atomic E-state index is -3.52. The smallest absolute Gasteiger partial charge is 0.283 e. The van der Waals surface area contributed by atoms with E-state index in [9.17, 15) is 8.42 Å². The van der Waals surface area contributed by atoms with E-state index in [2.05, 4.69) is 15.1 Å². The number of furan rings is 1. The average molecular weight is 417 g/mol. The fourth-order valence-electron chi connectivity index (χ4n) is 3.84. The summed E-state index contributed by atoms with van der Waals surface area (Å²) in [4.78, 5) is 2.54. The van der Waals surface area contributed by atoms with E-state index in [1.54, 1.807) is 22.7 Å². The summed E-state index contributed by atoms with van der Waals surface area (Å²) in [5.41, 5.74) is 2.65. The molecule has 29 heavy (non-hydrogen) atoms. The van der Waals surface area contributed by atoms with Crippen LogP contribution in [0.1, 0.15) is 22.6 Å². The lowest BCUT2D eigenvalue weighted by atomic mass is 10.1. The predicted molar refractivity (Wildman–Crippen MR) is 107 cm³/mol. The van der Waals surface area contributed by atoms with E-state index in [4.69, 9.17) is 8.83 Å². The molecule has 1 fully saturated rings. The third-order valence-electron chi connectivity index (χ3n) is 5.09. The Kier molecular flexibility index (Phi) is 5.28. The zero-order valence-electron chi connectivity index (χ0n) is 16.8. The highest BCUT2D eigenvalue weighted by atomic mass is 32.2. The van der Waals surface area contributed by atoms with Crippen LogP contribution < -0.4 is 0 Å². The second-order valence-electron chi connectivity index (χ2n) is 7.39. The van der Waals surface area contributed by atoms with Gasteiger partial charge in [-0.15, -0.1) is 10.2 Å². The highest BCUT2D eigenvalue weighted by Crippen LogP contribution is 2.26. The molecule has 154 valence electrons. The van der Waals surface area contributed by atoms with Crippen LogP contribution in [0.2, 0.25) is 0 Å². The normalized spacial score (nSPS) is 16.4. The van der Waals surface area contributed by atoms with Crippen molar-refractivity contribution in [1.82, 2.24) is 19.4 Å². The molecule has 8 nitrogen and oxygen atoms in total. The van der Waals surface area contributed by atoms with Gasteiger partial charge in [-0.05, 0) is 44.0 Å². The highest BCUT2D eigenvalue weighted by molar-refractivity contribution is 7.89. The van der Waals surface area contributed by atoms with E-state index in [0.717, 1.165) is 16.7 Å². The highest BCUT2D eigenvalue weighted by Gasteiger charge is 2.31. The molecule has 1 aliphatic heterocycles. The van der Waals surface area contributed by atoms with Crippen LogP contribution in [-0.2, 0) is 16.6 Å². The van der Waals surface area contributed by atoms with Gasteiger partial charge in [0, 0.05) is 26.2 Å². The number of aryl methyl sites for hydroxylation is 3. The molecule has 9 heteroatoms. The van der Waals surface area contributed by atoms with Gasteiger partial charge >= 0.3 is 0 Å². The molecule has 1 aliphatic rings. The minimum absolute atomic E-state index is 0.344. The molecule has 0 amide bonds. The number of aromatic nitrogens is 2. The van der Waals surface area contributed by atoms with Gasteiger partial charge in [-0.25, -0.2) is 8.42 Å². The van der Waals surface area contributed by atoms with Crippen molar-refractivity contribution in [3.63, 3.8) is 0 Å². The Labute approximate surface area is 170 Å². The number of benzene rings is 1. The van der Waals surface area contributed by atoms with E-state index in [0.29, 0.717) is 55.2 Å². The van der Waals surface area contributed by atoms with Crippen LogP contribution in [0.5, 0.6) is 0 Å². The Morgan fingerprint density at radius 1 is 1.03 bits per heavy atom. The zero-order chi connectivity index (χ0) is 20.6. The number of hydrogen-bond acceptors (Lipinski definition) is 7. The topological polar surface area (TPSA) is 92.7 Å². The molecule has 3 heterocycles. The number of hydrogen-bond donors (Lipinski definition) is 0. The van der Waals surface area contributed by atoms with Crippen LogP contribution in [0.25, 0.3) is 11.7 Å². The maximum Gasteiger partial charge on any atom is 0.283 e. The molecule has 1 aromatic carbocycles. The van der Waals surface area contributed by atoms with Crippen LogP contribution in [0.15, 0.2) is 44.3 Å². The van der Waals surface area contributed by atoms with Gasteiger partial charge in [0.15, 0.2) is 5.76 Å². The van der Waals surface area contributed by atoms with Gasteiger partial charge in [0.2, 0.25) is 15.9 Å². The number of piperazine rings is 1. The van der Waals surface area contributed by atoms with Crippen molar-refractivity contribution in [3.8, 4) is 11.7 Å². The van der Waals surface area contributed by atoms with Gasteiger partial charge in [0.05, 0.1) is 17.7 Å². The molecule has 0 unspecified atom stereocenters. The molecule has 2 aromatic heterocycles. The van der Waals surface area contributed by atoms with E-state index in [-0.39, 0.29) is 0 Å². The standard InChI is InChI=1S/C20H24N4O4S/c1-14-11-15(2)19(16(3)12-14)29(25,26)24-8-6-23(7-9-24)13-18-21-22-20(28-18)17-5-4-10-27-17/h4-5,10-12H,6-9,13H2,1-3H3. The zero-order valence-corrected chi connectivity index (χ0v) is 17.6. The Morgan fingerprint density at radius 2 is 1.72 bits per heavy atom. The molecule has 0 bridgehead atoms. The minimum Gasteiger partial charge on any atom is -0.459 e. The number of nitrogens with zero attached hydrogens (tertiary/aromatic N) is 4. The number of rotatable bonds is 5. The van der Waals surface area contributed by atoms with Crippen molar-refractivity contribution >= 4 is 10.0 Å². The van der Waals surface area contributed by atoms with Crippen LogP contribution in [0, 0.1) is 20.8 Å². The molecule has 0 radical (unpaired) electrons. The lowest BCUT2D eigenvalue weighted by Gasteiger charge is -2.33. The molecule has 1 saturated heterocycles. The number of sulfonamides is 1. The van der Waals surface area contributed by atoms with Crippen molar-refractivity contribution < 1.29 is 17.3 Å². The molecule has 0 aliphatic carbocycles. The fourth-order valence-corrected chi connectivity index (χ4v) is 5.67. The second-order valence-corrected chi connectivity index (χ2v) is 9.26. The summed E-state index contributed by atoms with van der Waals surface area (Å²) in [5.74, 6) is 1.36. The summed E-state index contributed by atoms with van der Waals surface area (Å²) in [6.45, 7) is 8.21. The Bertz CT molecular complexity index is 1070. The van der Waals surface area contributed by atoms with E-state index in [1.165, 1.54) is 0 Å². The summed E-state index contributed by atoms with van der Waals surface area (Å²) < 4.78 is 38.9. The fraction of sp³-hybridized carbons (Fsp3) is 0.400. The maximum absolute atomic E-state index is 13.2. The Morgan fingerprint density at radius 3 is 2.34 bits per heavy atom. The summed E-state index contributed by atoms with van der Waals surface area (Å²) in [5, 5.41) is 8.06. The summed E-state index contributed by atoms with van der Waals surface area (Å²) in [7, 11) is -3.52. The molecule has 4 rings (SSSR count). The van der Waals surface area contributed by atoms with Crippen LogP contribution >= 0.6 is 0 Å². The molecule has 0 saturated carbocycles. The summed E-state index contributed by atoms with van der Waals surface area (Å²) >= 11 is 0. The van der Waals surface area contributed by atoms with Crippen LogP contribution in [0.3, 0.4) is 0 Å². The average Bonchev–Trinajstić information content (AvgIpc) is 3.32. The van der Waals surface area contributed by atoms with E-state index >= 15 is 0 Å². The van der Waals surface area contributed by atoms with Crippen LogP contribution in [0.4, 0.5) is 0 Å². The van der Waals surface area contributed by atoms with Gasteiger partial charge in [0.25, 0.3) is 5.89 Å². The molecular weight excluding hydrogens is 392 g/mol. The second kappa shape index (κ2) is 7.74. The Hall–Kier alpha value is -2.49. The van der Waals surface area contributed by atoms with Gasteiger partial charge in [-0.3, -0.25) is 4.90 Å². The summed E-state index contributed by atoms with van der Waals surface area (Å²) in [6.07, 6.45) is 1.55. The van der Waals surface area contributed by atoms with Crippen molar-refractivity contribution in [3.05, 3.63) is 53.1 Å². The third kappa shape index (κ3) is 3.98. The monoisotopic (exact) mass is 416 g/mol. The molecule has 0 spiro atoms. The quantitative estimate of drug-likeness (QED) is 0.631. The van der Waals surface area contributed by atoms with E-state index in [1.807, 2.05) is 32.9 Å². The largest absolute Gasteiger partial charge is 0.459 e. The van der Waals surface area contributed by atoms with Crippen molar-refractivity contribution in [2.24, 2.45) is 0 Å². The van der Waals surface area contributed by atoms with Crippen LogP contribution in [-0.4, -0.2) is 54.0 Å². The SMILES string of the molecule is Cc1cc(C)c(S(=O)(=O)N2CCN(Cc3nnc(-c4ccco4)o3)CC2)c(C)c1. The first-order chi connectivity index (χ1) is 13.8. The van der Waals surface area contributed by atoms with Crippen molar-refractivity contribution in [2.45, 2.75) is 32.2 Å². The molecule has 0 atom stereocenters. The molecule has 0 N–H and O–H groups in total. The third-order valence-corrected chi connectivity index (χ3v) is 7.30. The van der Waals surface area contributed by atoms with Crippen molar-refractivity contribution in [2.75, 3.05) is 26.2 Å². The Balaban J connectivity index is 1.42. The first kappa shape index (κ1) is 19.8. The van der Waals surface area contributed by atoms with Crippen molar-refractivity contribution in [1.29, 1.82) is 0 Å². The molecule has 3 aromatic rings. The maximum atomic E-state index is 13.2. The van der Waals surface area contributed by atoms with E-state index < -0.39 is 10.0 Å². The lowest BCUT2D eigenvalue weighted by molar-refractivity contribution is 0.168. The first-order valence-electron chi connectivity index (χ1n) is 9.51.